The number of carbonyl (C=O) groups is 1. The van der Waals surface area contributed by atoms with Gasteiger partial charge in [-0.25, -0.2) is 9.18 Å². The molecule has 8 heteroatoms. The zero-order valence-electron chi connectivity index (χ0n) is 15.2. The number of halogens is 2. The summed E-state index contributed by atoms with van der Waals surface area (Å²) in [5.74, 6) is -0.209. The monoisotopic (exact) mass is 473 g/mol. The molecule has 0 saturated carbocycles. The van der Waals surface area contributed by atoms with Crippen LogP contribution in [0.4, 0.5) is 26.4 Å². The van der Waals surface area contributed by atoms with Crippen LogP contribution in [0.2, 0.25) is 0 Å². The number of hydrogen-bond acceptors (Lipinski definition) is 4. The number of benzene rings is 1. The van der Waals surface area contributed by atoms with Crippen LogP contribution in [0.25, 0.3) is 0 Å². The fraction of sp³-hybridized carbons (Fsp3) is 0.333. The van der Waals surface area contributed by atoms with E-state index in [1.807, 2.05) is 22.6 Å². The third-order valence-electron chi connectivity index (χ3n) is 3.41. The Morgan fingerprint density at radius 2 is 1.88 bits per heavy atom. The third-order valence-corrected chi connectivity index (χ3v) is 4.08. The number of ether oxygens (including phenoxy) is 1. The highest BCUT2D eigenvalue weighted by Gasteiger charge is 2.19. The van der Waals surface area contributed by atoms with Crippen LogP contribution in [0.15, 0.2) is 29.1 Å². The number of rotatable bonds is 3. The minimum absolute atomic E-state index is 0.191. The maximum absolute atomic E-state index is 14.2. The van der Waals surface area contributed by atoms with Crippen LogP contribution in [0, 0.1) is 16.3 Å². The van der Waals surface area contributed by atoms with Crippen molar-refractivity contribution >= 4 is 45.9 Å². The molecule has 26 heavy (non-hydrogen) atoms. The number of amides is 1. The van der Waals surface area contributed by atoms with Gasteiger partial charge in [-0.15, -0.1) is 0 Å². The van der Waals surface area contributed by atoms with Crippen LogP contribution in [0.1, 0.15) is 26.3 Å². The van der Waals surface area contributed by atoms with Gasteiger partial charge in [-0.2, -0.15) is 0 Å². The Balaban J connectivity index is 2.45. The summed E-state index contributed by atoms with van der Waals surface area (Å²) in [4.78, 5) is 24.4. The number of aromatic nitrogens is 1. The molecule has 0 radical (unpaired) electrons. The van der Waals surface area contributed by atoms with E-state index in [0.29, 0.717) is 11.3 Å². The summed E-state index contributed by atoms with van der Waals surface area (Å²) in [6.45, 7) is 6.88. The molecule has 140 valence electrons. The third kappa shape index (κ3) is 4.96. The summed E-state index contributed by atoms with van der Waals surface area (Å²) in [5.41, 5.74) is 0.0175. The quantitative estimate of drug-likeness (QED) is 0.643. The molecule has 0 fully saturated rings. The fourth-order valence-corrected chi connectivity index (χ4v) is 2.73. The summed E-state index contributed by atoms with van der Waals surface area (Å²) >= 11 is 2.01. The molecule has 0 aliphatic heterocycles. The molecule has 2 rings (SSSR count). The van der Waals surface area contributed by atoms with E-state index in [9.17, 15) is 14.0 Å². The highest BCUT2D eigenvalue weighted by Crippen LogP contribution is 2.27. The van der Waals surface area contributed by atoms with Gasteiger partial charge in [0.25, 0.3) is 5.56 Å². The summed E-state index contributed by atoms with van der Waals surface area (Å²) in [7, 11) is 1.54. The van der Waals surface area contributed by atoms with Crippen LogP contribution in [-0.2, 0) is 11.8 Å². The SMILES string of the molecule is Cc1cc(NC(=O)OC(C)(C)C)c(Nc2ccc(I)cc2F)n(C)c1=O. The topological polar surface area (TPSA) is 72.4 Å². The number of pyridine rings is 1. The molecule has 1 aromatic carbocycles. The van der Waals surface area contributed by atoms with Crippen LogP contribution >= 0.6 is 22.6 Å². The molecule has 0 spiro atoms. The van der Waals surface area contributed by atoms with Crippen LogP contribution < -0.4 is 16.2 Å². The number of nitrogens with zero attached hydrogens (tertiary/aromatic N) is 1. The summed E-state index contributed by atoms with van der Waals surface area (Å²) < 4.78 is 21.5. The second kappa shape index (κ2) is 7.65. The first-order valence-corrected chi connectivity index (χ1v) is 8.98. The molecule has 0 aliphatic rings. The van der Waals surface area contributed by atoms with E-state index in [2.05, 4.69) is 10.6 Å². The van der Waals surface area contributed by atoms with Crippen LogP contribution in [0.3, 0.4) is 0 Å². The van der Waals surface area contributed by atoms with Gasteiger partial charge < -0.3 is 10.1 Å². The van der Waals surface area contributed by atoms with Crippen molar-refractivity contribution in [1.29, 1.82) is 0 Å². The maximum Gasteiger partial charge on any atom is 0.412 e. The van der Waals surface area contributed by atoms with Gasteiger partial charge in [-0.3, -0.25) is 14.7 Å². The zero-order valence-corrected chi connectivity index (χ0v) is 17.4. The number of carbonyl (C=O) groups excluding carboxylic acids is 1. The summed E-state index contributed by atoms with van der Waals surface area (Å²) in [6, 6.07) is 6.20. The Kier molecular flexibility index (Phi) is 5.94. The second-order valence-electron chi connectivity index (χ2n) is 6.83. The number of aryl methyl sites for hydroxylation is 1. The Hall–Kier alpha value is -2.10. The van der Waals surface area contributed by atoms with Gasteiger partial charge in [0, 0.05) is 16.2 Å². The molecule has 1 aromatic heterocycles. The van der Waals surface area contributed by atoms with E-state index in [0.717, 1.165) is 3.57 Å². The highest BCUT2D eigenvalue weighted by atomic mass is 127. The molecule has 2 aromatic rings. The number of hydrogen-bond donors (Lipinski definition) is 2. The molecule has 0 unspecified atom stereocenters. The molecular weight excluding hydrogens is 452 g/mol. The van der Waals surface area contributed by atoms with Gasteiger partial charge in [0.2, 0.25) is 0 Å². The molecule has 0 aliphatic carbocycles. The van der Waals surface area contributed by atoms with Crippen molar-refractivity contribution in [2.45, 2.75) is 33.3 Å². The maximum atomic E-state index is 14.2. The Labute approximate surface area is 164 Å². The van der Waals surface area contributed by atoms with E-state index < -0.39 is 17.5 Å². The lowest BCUT2D eigenvalue weighted by atomic mass is 10.2. The van der Waals surface area contributed by atoms with Crippen molar-refractivity contribution in [3.05, 3.63) is 49.6 Å². The van der Waals surface area contributed by atoms with Gasteiger partial charge in [0.15, 0.2) is 0 Å². The van der Waals surface area contributed by atoms with Gasteiger partial charge in [0.1, 0.15) is 17.2 Å². The summed E-state index contributed by atoms with van der Waals surface area (Å²) in [5, 5.41) is 5.51. The number of anilines is 3. The van der Waals surface area contributed by atoms with E-state index in [4.69, 9.17) is 4.74 Å². The molecule has 1 amide bonds. The Morgan fingerprint density at radius 1 is 1.23 bits per heavy atom. The van der Waals surface area contributed by atoms with Gasteiger partial charge in [-0.05, 0) is 74.6 Å². The Bertz CT molecular complexity index is 904. The zero-order chi connectivity index (χ0) is 19.6. The lowest BCUT2D eigenvalue weighted by molar-refractivity contribution is 0.0636. The highest BCUT2D eigenvalue weighted by molar-refractivity contribution is 14.1. The summed E-state index contributed by atoms with van der Waals surface area (Å²) in [6.07, 6.45) is -0.665. The van der Waals surface area contributed by atoms with Crippen molar-refractivity contribution in [1.82, 2.24) is 4.57 Å². The second-order valence-corrected chi connectivity index (χ2v) is 8.08. The van der Waals surface area contributed by atoms with Gasteiger partial charge >= 0.3 is 6.09 Å². The standard InChI is InChI=1S/C18H21FIN3O3/c1-10-8-14(22-17(25)26-18(2,3)4)15(23(5)16(10)24)21-13-7-6-11(20)9-12(13)19/h6-9,21H,1-5H3,(H,22,25). The normalized spacial score (nSPS) is 11.2. The lowest BCUT2D eigenvalue weighted by Crippen LogP contribution is -2.29. The van der Waals surface area contributed by atoms with Gasteiger partial charge in [-0.1, -0.05) is 0 Å². The minimum atomic E-state index is -0.671. The van der Waals surface area contributed by atoms with Gasteiger partial charge in [0.05, 0.1) is 11.4 Å². The smallest absolute Gasteiger partial charge is 0.412 e. The first-order valence-electron chi connectivity index (χ1n) is 7.90. The first kappa shape index (κ1) is 20.2. The molecule has 6 nitrogen and oxygen atoms in total. The van der Waals surface area contributed by atoms with Crippen LogP contribution in [-0.4, -0.2) is 16.3 Å². The largest absolute Gasteiger partial charge is 0.444 e. The predicted octanol–water partition coefficient (Wildman–Crippen LogP) is 4.53. The van der Waals surface area contributed by atoms with E-state index >= 15 is 0 Å². The van der Waals surface area contributed by atoms with Crippen molar-refractivity contribution < 1.29 is 13.9 Å². The fourth-order valence-electron chi connectivity index (χ4n) is 2.27. The van der Waals surface area contributed by atoms with Crippen molar-refractivity contribution in [2.24, 2.45) is 7.05 Å². The Morgan fingerprint density at radius 3 is 2.46 bits per heavy atom. The molecule has 0 saturated heterocycles. The molecule has 0 bridgehead atoms. The average Bonchev–Trinajstić information content (AvgIpc) is 2.49. The van der Waals surface area contributed by atoms with E-state index in [-0.39, 0.29) is 17.1 Å². The van der Waals surface area contributed by atoms with Crippen molar-refractivity contribution in [3.63, 3.8) is 0 Å². The predicted molar refractivity (Wildman–Crippen MR) is 109 cm³/mol. The van der Waals surface area contributed by atoms with Crippen molar-refractivity contribution in [2.75, 3.05) is 10.6 Å². The minimum Gasteiger partial charge on any atom is -0.444 e. The molecular formula is C18H21FIN3O3. The average molecular weight is 473 g/mol. The van der Waals surface area contributed by atoms with Crippen molar-refractivity contribution in [3.8, 4) is 0 Å². The van der Waals surface area contributed by atoms with Crippen LogP contribution in [0.5, 0.6) is 0 Å². The molecule has 1 heterocycles. The number of nitrogens with one attached hydrogen (secondary N) is 2. The lowest BCUT2D eigenvalue weighted by Gasteiger charge is -2.22. The first-order chi connectivity index (χ1) is 12.0. The van der Waals surface area contributed by atoms with E-state index in [1.165, 1.54) is 16.7 Å². The molecule has 0 atom stereocenters. The van der Waals surface area contributed by atoms with E-state index in [1.54, 1.807) is 46.9 Å². The molecule has 2 N–H and O–H groups in total.